The maximum atomic E-state index is 13.4. The van der Waals surface area contributed by atoms with E-state index in [0.717, 1.165) is 27.6 Å². The Balaban J connectivity index is 0.900. The highest BCUT2D eigenvalue weighted by molar-refractivity contribution is 6.07. The van der Waals surface area contributed by atoms with Gasteiger partial charge in [0.15, 0.2) is 28.8 Å². The zero-order valence-corrected chi connectivity index (χ0v) is 36.1. The van der Waals surface area contributed by atoms with E-state index in [9.17, 15) is 19.2 Å². The molecule has 65 heavy (non-hydrogen) atoms. The molecule has 0 aliphatic carbocycles. The molecule has 4 aromatic carbocycles. The van der Waals surface area contributed by atoms with Crippen LogP contribution in [0.4, 0.5) is 0 Å². The quantitative estimate of drug-likeness (QED) is 0.0330. The van der Waals surface area contributed by atoms with Crippen LogP contribution in [0.15, 0.2) is 122 Å². The van der Waals surface area contributed by atoms with E-state index in [1.807, 2.05) is 54.6 Å². The predicted molar refractivity (Wildman–Crippen MR) is 243 cm³/mol. The number of nitrogens with zero attached hydrogens (tertiary/aromatic N) is 5. The first-order valence-electron chi connectivity index (χ1n) is 20.4. The second-order valence-electron chi connectivity index (χ2n) is 14.5. The molecule has 0 saturated carbocycles. The molecule has 3 heterocycles. The lowest BCUT2D eigenvalue weighted by Crippen LogP contribution is -2.14. The van der Waals surface area contributed by atoms with Gasteiger partial charge in [0.1, 0.15) is 0 Å². The van der Waals surface area contributed by atoms with Gasteiger partial charge in [-0.1, -0.05) is 65.9 Å². The van der Waals surface area contributed by atoms with Gasteiger partial charge in [-0.3, -0.25) is 23.9 Å². The Bertz CT molecular complexity index is 2870. The van der Waals surface area contributed by atoms with Crippen LogP contribution in [0.5, 0.6) is 28.7 Å². The Kier molecular flexibility index (Phi) is 14.6. The Morgan fingerprint density at radius 3 is 2.25 bits per heavy atom. The zero-order valence-electron chi connectivity index (χ0n) is 36.1. The van der Waals surface area contributed by atoms with E-state index in [0.29, 0.717) is 52.8 Å². The van der Waals surface area contributed by atoms with Crippen molar-refractivity contribution in [1.29, 1.82) is 0 Å². The van der Waals surface area contributed by atoms with Crippen molar-refractivity contribution in [3.8, 4) is 28.7 Å². The highest BCUT2D eigenvalue weighted by Gasteiger charge is 2.18. The normalized spacial score (nSPS) is 11.2. The standard InChI is InChI=1S/C50H45N5O10/c1-60-43-19-16-33(15-18-42(56)38-27-45(61-2)49(63-4)46(28-38)62-3)26-44(43)65-50(59)36-11-7-9-35(25-36)30-54-32-39(52-53-54)22-24-64-48(58)21-20-47(57)55-31-37(40-12-5-6-13-41(40)55)17-14-34-10-8-23-51-29-34/h5-19,23,25-29,31-32H,20-22,24,30H2,1-4H3/b17-14+,18-15+. The van der Waals surface area contributed by atoms with Crippen LogP contribution < -0.4 is 23.7 Å². The van der Waals surface area contributed by atoms with Gasteiger partial charge in [0, 0.05) is 54.1 Å². The van der Waals surface area contributed by atoms with E-state index < -0.39 is 11.9 Å². The molecule has 0 unspecified atom stereocenters. The van der Waals surface area contributed by atoms with Crippen LogP contribution >= 0.6 is 0 Å². The maximum absolute atomic E-state index is 13.4. The lowest BCUT2D eigenvalue weighted by Gasteiger charge is -2.13. The number of benzene rings is 4. The minimum atomic E-state index is -0.622. The van der Waals surface area contributed by atoms with Crippen LogP contribution in [0.1, 0.15) is 66.3 Å². The maximum Gasteiger partial charge on any atom is 0.343 e. The highest BCUT2D eigenvalue weighted by Crippen LogP contribution is 2.38. The van der Waals surface area contributed by atoms with Crippen molar-refractivity contribution in [2.75, 3.05) is 35.0 Å². The molecule has 15 heteroatoms. The fourth-order valence-corrected chi connectivity index (χ4v) is 6.92. The summed E-state index contributed by atoms with van der Waals surface area (Å²) in [6.07, 6.45) is 14.1. The van der Waals surface area contributed by atoms with Crippen LogP contribution in [-0.4, -0.2) is 83.2 Å². The molecular weight excluding hydrogens is 831 g/mol. The number of allylic oxidation sites excluding steroid dienone is 1. The molecule has 0 N–H and O–H groups in total. The van der Waals surface area contributed by atoms with Crippen LogP contribution in [0.25, 0.3) is 29.1 Å². The monoisotopic (exact) mass is 875 g/mol. The molecule has 0 amide bonds. The number of carbonyl (C=O) groups excluding carboxylic acids is 4. The number of ether oxygens (including phenoxy) is 6. The van der Waals surface area contributed by atoms with Crippen LogP contribution in [0.2, 0.25) is 0 Å². The van der Waals surface area contributed by atoms with Gasteiger partial charge in [0.25, 0.3) is 0 Å². The summed E-state index contributed by atoms with van der Waals surface area (Å²) in [5.41, 5.74) is 5.11. The summed E-state index contributed by atoms with van der Waals surface area (Å²) in [6.45, 7) is 0.362. The van der Waals surface area contributed by atoms with E-state index in [1.54, 1.807) is 88.6 Å². The summed E-state index contributed by atoms with van der Waals surface area (Å²) >= 11 is 0. The van der Waals surface area contributed by atoms with Gasteiger partial charge in [-0.25, -0.2) is 9.48 Å². The molecule has 0 bridgehead atoms. The Hall–Kier alpha value is -8.33. The van der Waals surface area contributed by atoms with Crippen LogP contribution in [0.3, 0.4) is 0 Å². The second-order valence-corrected chi connectivity index (χ2v) is 14.5. The number of aromatic nitrogens is 5. The summed E-state index contributed by atoms with van der Waals surface area (Å²) in [5.74, 6) is -0.107. The number of hydrogen-bond donors (Lipinski definition) is 0. The van der Waals surface area contributed by atoms with Gasteiger partial charge >= 0.3 is 11.9 Å². The summed E-state index contributed by atoms with van der Waals surface area (Å²) in [5, 5.41) is 9.32. The average molecular weight is 876 g/mol. The molecule has 7 aromatic rings. The van der Waals surface area contributed by atoms with Crippen molar-refractivity contribution in [2.24, 2.45) is 0 Å². The lowest BCUT2D eigenvalue weighted by molar-refractivity contribution is -0.143. The molecule has 0 fully saturated rings. The first-order chi connectivity index (χ1) is 31.7. The molecular formula is C50H45N5O10. The smallest absolute Gasteiger partial charge is 0.343 e. The van der Waals surface area contributed by atoms with Gasteiger partial charge in [0.2, 0.25) is 11.7 Å². The molecule has 0 aliphatic heterocycles. The molecule has 0 aliphatic rings. The molecule has 0 atom stereocenters. The Morgan fingerprint density at radius 1 is 0.692 bits per heavy atom. The van der Waals surface area contributed by atoms with Gasteiger partial charge in [-0.2, -0.15) is 0 Å². The molecule has 0 saturated heterocycles. The van der Waals surface area contributed by atoms with E-state index >= 15 is 0 Å². The number of hydrogen-bond acceptors (Lipinski definition) is 13. The number of fused-ring (bicyclic) bond motifs is 1. The number of ketones is 1. The number of methoxy groups -OCH3 is 4. The molecule has 330 valence electrons. The first-order valence-corrected chi connectivity index (χ1v) is 20.4. The van der Waals surface area contributed by atoms with E-state index in [4.69, 9.17) is 28.4 Å². The van der Waals surface area contributed by atoms with E-state index in [2.05, 4.69) is 15.3 Å². The molecule has 7 rings (SSSR count). The van der Waals surface area contributed by atoms with Crippen molar-refractivity contribution in [1.82, 2.24) is 24.5 Å². The van der Waals surface area contributed by atoms with Crippen LogP contribution in [0, 0.1) is 0 Å². The zero-order chi connectivity index (χ0) is 45.7. The van der Waals surface area contributed by atoms with Gasteiger partial charge in [-0.15, -0.1) is 5.10 Å². The summed E-state index contributed by atoms with van der Waals surface area (Å²) in [4.78, 5) is 56.5. The van der Waals surface area contributed by atoms with Crippen LogP contribution in [-0.2, 0) is 22.5 Å². The Morgan fingerprint density at radius 2 is 1.49 bits per heavy atom. The minimum Gasteiger partial charge on any atom is -0.493 e. The summed E-state index contributed by atoms with van der Waals surface area (Å²) < 4.78 is 35.9. The molecule has 0 spiro atoms. The van der Waals surface area contributed by atoms with E-state index in [-0.39, 0.29) is 42.5 Å². The largest absolute Gasteiger partial charge is 0.493 e. The van der Waals surface area contributed by atoms with Crippen molar-refractivity contribution >= 4 is 52.8 Å². The lowest BCUT2D eigenvalue weighted by atomic mass is 10.1. The number of carbonyl (C=O) groups is 4. The van der Waals surface area contributed by atoms with Crippen molar-refractivity contribution in [3.63, 3.8) is 0 Å². The molecule has 15 nitrogen and oxygen atoms in total. The molecule has 0 radical (unpaired) electrons. The van der Waals surface area contributed by atoms with Gasteiger partial charge in [0.05, 0.1) is 64.8 Å². The van der Waals surface area contributed by atoms with Crippen molar-refractivity contribution < 1.29 is 47.6 Å². The van der Waals surface area contributed by atoms with Gasteiger partial charge < -0.3 is 28.4 Å². The van der Waals surface area contributed by atoms with E-state index in [1.165, 1.54) is 34.5 Å². The summed E-state index contributed by atoms with van der Waals surface area (Å²) in [6, 6.07) is 26.4. The fraction of sp³-hybridized carbons (Fsp3) is 0.180. The third-order valence-electron chi connectivity index (χ3n) is 10.2. The average Bonchev–Trinajstić information content (AvgIpc) is 3.95. The topological polar surface area (TPSA) is 172 Å². The second kappa shape index (κ2) is 21.2. The third-order valence-corrected chi connectivity index (χ3v) is 10.2. The SMILES string of the molecule is COc1ccc(/C=C/C(=O)c2cc(OC)c(OC)c(OC)c2)cc1OC(=O)c1cccc(Cn2cc(CCOC(=O)CCC(=O)n3cc(/C=C/c4cccnc4)c4ccccc43)nn2)c1. The first kappa shape index (κ1) is 44.7. The fourth-order valence-electron chi connectivity index (χ4n) is 6.92. The third kappa shape index (κ3) is 11.2. The van der Waals surface area contributed by atoms with Gasteiger partial charge in [-0.05, 0) is 71.3 Å². The number of esters is 2. The Labute approximate surface area is 374 Å². The van der Waals surface area contributed by atoms with Crippen molar-refractivity contribution in [3.05, 3.63) is 161 Å². The highest BCUT2D eigenvalue weighted by atomic mass is 16.6. The number of pyridine rings is 1. The predicted octanol–water partition coefficient (Wildman–Crippen LogP) is 8.20. The van der Waals surface area contributed by atoms with Crippen molar-refractivity contribution in [2.45, 2.75) is 25.8 Å². The molecule has 3 aromatic heterocycles. The number of para-hydroxylation sites is 1. The number of rotatable bonds is 19. The minimum absolute atomic E-state index is 0.0230. The summed E-state index contributed by atoms with van der Waals surface area (Å²) in [7, 11) is 5.88.